The number of rotatable bonds is 6. The molecule has 1 aromatic carbocycles. The smallest absolute Gasteiger partial charge is 0.237 e. The van der Waals surface area contributed by atoms with Gasteiger partial charge in [0.15, 0.2) is 5.82 Å². The van der Waals surface area contributed by atoms with Gasteiger partial charge >= 0.3 is 0 Å². The number of carbonyl (C=O) groups is 1. The van der Waals surface area contributed by atoms with Crippen molar-refractivity contribution in [1.29, 1.82) is 0 Å². The molecular formula is C14H18N6O. The molecule has 0 spiro atoms. The predicted octanol–water partition coefficient (Wildman–Crippen LogP) is 0.419. The van der Waals surface area contributed by atoms with Crippen LogP contribution in [-0.2, 0) is 11.3 Å². The number of nitrogens with one attached hydrogen (secondary N) is 2. The molecule has 110 valence electrons. The van der Waals surface area contributed by atoms with Crippen molar-refractivity contribution >= 4 is 5.91 Å². The summed E-state index contributed by atoms with van der Waals surface area (Å²) in [6.07, 6.45) is 2.18. The lowest BCUT2D eigenvalue weighted by molar-refractivity contribution is -0.122. The first-order valence-electron chi connectivity index (χ1n) is 7.10. The van der Waals surface area contributed by atoms with E-state index in [4.69, 9.17) is 0 Å². The fraction of sp³-hybridized carbons (Fsp3) is 0.429. The molecule has 1 amide bonds. The Balaban J connectivity index is 1.60. The SMILES string of the molecule is CC(NCc1nnnn1-c1ccccc1)C(=O)NC1CC1. The second kappa shape index (κ2) is 6.01. The normalized spacial score (nSPS) is 15.7. The van der Waals surface area contributed by atoms with E-state index < -0.39 is 0 Å². The molecule has 21 heavy (non-hydrogen) atoms. The van der Waals surface area contributed by atoms with E-state index in [1.54, 1.807) is 4.68 Å². The molecule has 0 aliphatic heterocycles. The van der Waals surface area contributed by atoms with E-state index >= 15 is 0 Å². The molecule has 3 rings (SSSR count). The Bertz CT molecular complexity index is 607. The topological polar surface area (TPSA) is 84.7 Å². The Morgan fingerprint density at radius 1 is 1.38 bits per heavy atom. The van der Waals surface area contributed by atoms with E-state index in [0.717, 1.165) is 18.5 Å². The van der Waals surface area contributed by atoms with Crippen LogP contribution in [0, 0.1) is 0 Å². The number of aromatic nitrogens is 4. The lowest BCUT2D eigenvalue weighted by Crippen LogP contribution is -2.43. The van der Waals surface area contributed by atoms with E-state index in [1.807, 2.05) is 37.3 Å². The highest BCUT2D eigenvalue weighted by Crippen LogP contribution is 2.18. The van der Waals surface area contributed by atoms with Crippen molar-refractivity contribution in [2.45, 2.75) is 38.4 Å². The number of benzene rings is 1. The monoisotopic (exact) mass is 286 g/mol. The summed E-state index contributed by atoms with van der Waals surface area (Å²) in [7, 11) is 0. The minimum absolute atomic E-state index is 0.0243. The Kier molecular flexibility index (Phi) is 3.92. The quantitative estimate of drug-likeness (QED) is 0.804. The first-order valence-corrected chi connectivity index (χ1v) is 7.10. The molecule has 1 saturated carbocycles. The zero-order valence-electron chi connectivity index (χ0n) is 11.9. The molecule has 0 radical (unpaired) electrons. The number of para-hydroxylation sites is 1. The minimum Gasteiger partial charge on any atom is -0.352 e. The molecule has 1 aromatic heterocycles. The van der Waals surface area contributed by atoms with Crippen LogP contribution >= 0.6 is 0 Å². The number of hydrogen-bond donors (Lipinski definition) is 2. The van der Waals surface area contributed by atoms with E-state index in [-0.39, 0.29) is 11.9 Å². The van der Waals surface area contributed by atoms with Crippen LogP contribution < -0.4 is 10.6 Å². The van der Waals surface area contributed by atoms with Gasteiger partial charge in [0, 0.05) is 6.04 Å². The molecule has 0 bridgehead atoms. The van der Waals surface area contributed by atoms with Gasteiger partial charge in [-0.3, -0.25) is 10.1 Å². The Morgan fingerprint density at radius 2 is 2.14 bits per heavy atom. The second-order valence-corrected chi connectivity index (χ2v) is 5.23. The molecule has 7 nitrogen and oxygen atoms in total. The summed E-state index contributed by atoms with van der Waals surface area (Å²) in [6, 6.07) is 9.77. The van der Waals surface area contributed by atoms with Gasteiger partial charge in [0.25, 0.3) is 0 Å². The van der Waals surface area contributed by atoms with Crippen molar-refractivity contribution in [3.8, 4) is 5.69 Å². The van der Waals surface area contributed by atoms with E-state index in [0.29, 0.717) is 18.4 Å². The van der Waals surface area contributed by atoms with Gasteiger partial charge in [0.2, 0.25) is 5.91 Å². The number of hydrogen-bond acceptors (Lipinski definition) is 5. The zero-order chi connectivity index (χ0) is 14.7. The van der Waals surface area contributed by atoms with Crippen molar-refractivity contribution in [2.75, 3.05) is 0 Å². The minimum atomic E-state index is -0.272. The van der Waals surface area contributed by atoms with E-state index in [2.05, 4.69) is 26.2 Å². The third-order valence-electron chi connectivity index (χ3n) is 3.42. The molecule has 1 atom stereocenters. The molecule has 2 aromatic rings. The van der Waals surface area contributed by atoms with Crippen molar-refractivity contribution < 1.29 is 4.79 Å². The molecular weight excluding hydrogens is 268 g/mol. The maximum absolute atomic E-state index is 11.9. The van der Waals surface area contributed by atoms with Crippen molar-refractivity contribution in [1.82, 2.24) is 30.8 Å². The van der Waals surface area contributed by atoms with Gasteiger partial charge in [0.1, 0.15) is 0 Å². The number of tetrazole rings is 1. The third kappa shape index (κ3) is 3.43. The molecule has 2 N–H and O–H groups in total. The summed E-state index contributed by atoms with van der Waals surface area (Å²) in [5.74, 6) is 0.698. The third-order valence-corrected chi connectivity index (χ3v) is 3.42. The molecule has 1 unspecified atom stereocenters. The van der Waals surface area contributed by atoms with Crippen LogP contribution in [0.5, 0.6) is 0 Å². The Hall–Kier alpha value is -2.28. The molecule has 1 aliphatic carbocycles. The largest absolute Gasteiger partial charge is 0.352 e. The summed E-state index contributed by atoms with van der Waals surface area (Å²) in [4.78, 5) is 11.9. The van der Waals surface area contributed by atoms with Gasteiger partial charge in [0.05, 0.1) is 18.3 Å². The molecule has 0 saturated heterocycles. The Morgan fingerprint density at radius 3 is 2.86 bits per heavy atom. The lowest BCUT2D eigenvalue weighted by atomic mass is 10.3. The molecule has 1 heterocycles. The van der Waals surface area contributed by atoms with Gasteiger partial charge in [-0.2, -0.15) is 4.68 Å². The first-order chi connectivity index (χ1) is 10.2. The van der Waals surface area contributed by atoms with Crippen LogP contribution in [0.1, 0.15) is 25.6 Å². The van der Waals surface area contributed by atoms with Crippen molar-refractivity contribution in [2.24, 2.45) is 0 Å². The van der Waals surface area contributed by atoms with E-state index in [1.165, 1.54) is 0 Å². The zero-order valence-corrected chi connectivity index (χ0v) is 11.9. The second-order valence-electron chi connectivity index (χ2n) is 5.23. The summed E-state index contributed by atoms with van der Waals surface area (Å²) in [5, 5.41) is 17.8. The van der Waals surface area contributed by atoms with Crippen LogP contribution in [0.2, 0.25) is 0 Å². The fourth-order valence-corrected chi connectivity index (χ4v) is 1.98. The molecule has 1 aliphatic rings. The van der Waals surface area contributed by atoms with E-state index in [9.17, 15) is 4.79 Å². The summed E-state index contributed by atoms with van der Waals surface area (Å²) in [5.41, 5.74) is 0.898. The predicted molar refractivity (Wildman–Crippen MR) is 76.6 cm³/mol. The number of amides is 1. The van der Waals surface area contributed by atoms with Crippen LogP contribution in [0.4, 0.5) is 0 Å². The van der Waals surface area contributed by atoms with Gasteiger partial charge in [-0.25, -0.2) is 0 Å². The fourth-order valence-electron chi connectivity index (χ4n) is 1.98. The van der Waals surface area contributed by atoms with Crippen LogP contribution in [0.15, 0.2) is 30.3 Å². The highest BCUT2D eigenvalue weighted by Gasteiger charge is 2.25. The maximum atomic E-state index is 11.9. The van der Waals surface area contributed by atoms with Gasteiger partial charge in [-0.05, 0) is 42.3 Å². The van der Waals surface area contributed by atoms with Gasteiger partial charge in [-0.15, -0.1) is 5.10 Å². The maximum Gasteiger partial charge on any atom is 0.237 e. The molecule has 1 fully saturated rings. The molecule has 7 heteroatoms. The average molecular weight is 286 g/mol. The summed E-state index contributed by atoms with van der Waals surface area (Å²) < 4.78 is 1.67. The number of nitrogens with zero attached hydrogens (tertiary/aromatic N) is 4. The van der Waals surface area contributed by atoms with Crippen molar-refractivity contribution in [3.05, 3.63) is 36.2 Å². The average Bonchev–Trinajstić information content (AvgIpc) is 3.20. The standard InChI is InChI=1S/C14H18N6O/c1-10(14(21)16-11-7-8-11)15-9-13-17-18-19-20(13)12-5-3-2-4-6-12/h2-6,10-11,15H,7-9H2,1H3,(H,16,21). The number of carbonyl (C=O) groups excluding carboxylic acids is 1. The van der Waals surface area contributed by atoms with Gasteiger partial charge < -0.3 is 5.32 Å². The van der Waals surface area contributed by atoms with Gasteiger partial charge in [-0.1, -0.05) is 18.2 Å². The summed E-state index contributed by atoms with van der Waals surface area (Å²) >= 11 is 0. The highest BCUT2D eigenvalue weighted by molar-refractivity contribution is 5.81. The van der Waals surface area contributed by atoms with Crippen LogP contribution in [0.3, 0.4) is 0 Å². The van der Waals surface area contributed by atoms with Crippen LogP contribution in [0.25, 0.3) is 5.69 Å². The summed E-state index contributed by atoms with van der Waals surface area (Å²) in [6.45, 7) is 2.27. The lowest BCUT2D eigenvalue weighted by Gasteiger charge is -2.13. The highest BCUT2D eigenvalue weighted by atomic mass is 16.2. The van der Waals surface area contributed by atoms with Crippen LogP contribution in [-0.4, -0.2) is 38.2 Å². The Labute approximate surface area is 122 Å². The van der Waals surface area contributed by atoms with Crippen molar-refractivity contribution in [3.63, 3.8) is 0 Å². The first kappa shape index (κ1) is 13.7.